The number of hydrogen-bond acceptors (Lipinski definition) is 3. The molecule has 17 heavy (non-hydrogen) atoms. The summed E-state index contributed by atoms with van der Waals surface area (Å²) in [7, 11) is 0. The summed E-state index contributed by atoms with van der Waals surface area (Å²) < 4.78 is 0.883. The molecule has 0 aliphatic rings. The number of rotatable bonds is 6. The van der Waals surface area contributed by atoms with E-state index in [0.29, 0.717) is 12.0 Å². The molecule has 0 saturated carbocycles. The van der Waals surface area contributed by atoms with Gasteiger partial charge in [0.05, 0.1) is 11.3 Å². The van der Waals surface area contributed by atoms with Gasteiger partial charge in [-0.1, -0.05) is 15.9 Å². The average Bonchev–Trinajstić information content (AvgIpc) is 2.29. The van der Waals surface area contributed by atoms with Crippen LogP contribution in [0.5, 0.6) is 0 Å². The fourth-order valence-electron chi connectivity index (χ4n) is 1.41. The van der Waals surface area contributed by atoms with Gasteiger partial charge in [0.1, 0.15) is 6.07 Å². The van der Waals surface area contributed by atoms with Crippen LogP contribution in [0, 0.1) is 11.3 Å². The number of nitrogens with zero attached hydrogens (tertiary/aromatic N) is 1. The number of nitrogens with two attached hydrogens (primary N) is 1. The normalized spacial score (nSPS) is 9.65. The molecule has 0 radical (unpaired) electrons. The standard InChI is InChI=1S/C12H14BrN3O/c13-10-4-5-11(9(7-10)8-14)16-6-2-1-3-12(15)17/h4-5,7,16H,1-3,6H2,(H2,15,17). The molecule has 0 heterocycles. The highest BCUT2D eigenvalue weighted by Crippen LogP contribution is 2.20. The van der Waals surface area contributed by atoms with E-state index in [9.17, 15) is 4.79 Å². The maximum atomic E-state index is 10.5. The summed E-state index contributed by atoms with van der Waals surface area (Å²) in [6, 6.07) is 7.64. The van der Waals surface area contributed by atoms with Crippen LogP contribution >= 0.6 is 15.9 Å². The van der Waals surface area contributed by atoms with Crippen molar-refractivity contribution < 1.29 is 4.79 Å². The molecule has 0 aliphatic heterocycles. The van der Waals surface area contributed by atoms with Crippen molar-refractivity contribution in [3.8, 4) is 6.07 Å². The van der Waals surface area contributed by atoms with Crippen molar-refractivity contribution in [2.75, 3.05) is 11.9 Å². The number of primary amides is 1. The van der Waals surface area contributed by atoms with Crippen LogP contribution in [-0.4, -0.2) is 12.5 Å². The van der Waals surface area contributed by atoms with Crippen LogP contribution in [0.15, 0.2) is 22.7 Å². The molecule has 90 valence electrons. The molecule has 0 fully saturated rings. The van der Waals surface area contributed by atoms with Crippen LogP contribution in [0.25, 0.3) is 0 Å². The second kappa shape index (κ2) is 6.92. The molecular weight excluding hydrogens is 282 g/mol. The number of anilines is 1. The lowest BCUT2D eigenvalue weighted by Crippen LogP contribution is -2.11. The minimum absolute atomic E-state index is 0.272. The molecule has 0 spiro atoms. The van der Waals surface area contributed by atoms with E-state index in [4.69, 9.17) is 11.0 Å². The minimum atomic E-state index is -0.272. The Kier molecular flexibility index (Phi) is 5.50. The van der Waals surface area contributed by atoms with Crippen molar-refractivity contribution in [3.05, 3.63) is 28.2 Å². The van der Waals surface area contributed by atoms with Crippen molar-refractivity contribution in [1.82, 2.24) is 0 Å². The van der Waals surface area contributed by atoms with Gasteiger partial charge in [-0.2, -0.15) is 5.26 Å². The summed E-state index contributed by atoms with van der Waals surface area (Å²) in [6.07, 6.45) is 2.03. The second-order valence-electron chi connectivity index (χ2n) is 3.65. The lowest BCUT2D eigenvalue weighted by atomic mass is 10.2. The van der Waals surface area contributed by atoms with Gasteiger partial charge < -0.3 is 11.1 Å². The van der Waals surface area contributed by atoms with E-state index >= 15 is 0 Å². The highest BCUT2D eigenvalue weighted by molar-refractivity contribution is 9.10. The average molecular weight is 296 g/mol. The lowest BCUT2D eigenvalue weighted by molar-refractivity contribution is -0.118. The number of carbonyl (C=O) groups is 1. The van der Waals surface area contributed by atoms with Gasteiger partial charge in [-0.05, 0) is 31.0 Å². The number of nitrogens with one attached hydrogen (secondary N) is 1. The maximum Gasteiger partial charge on any atom is 0.217 e. The van der Waals surface area contributed by atoms with Crippen LogP contribution < -0.4 is 11.1 Å². The van der Waals surface area contributed by atoms with E-state index in [1.165, 1.54) is 0 Å². The van der Waals surface area contributed by atoms with E-state index in [2.05, 4.69) is 27.3 Å². The summed E-state index contributed by atoms with van der Waals surface area (Å²) in [5.41, 5.74) is 6.46. The monoisotopic (exact) mass is 295 g/mol. The smallest absolute Gasteiger partial charge is 0.217 e. The lowest BCUT2D eigenvalue weighted by Gasteiger charge is -2.07. The number of benzene rings is 1. The zero-order valence-corrected chi connectivity index (χ0v) is 11.0. The Labute approximate surface area is 109 Å². The zero-order chi connectivity index (χ0) is 12.7. The van der Waals surface area contributed by atoms with Crippen molar-refractivity contribution >= 4 is 27.5 Å². The fraction of sp³-hybridized carbons (Fsp3) is 0.333. The highest BCUT2D eigenvalue weighted by Gasteiger charge is 2.02. The van der Waals surface area contributed by atoms with Gasteiger partial charge >= 0.3 is 0 Å². The van der Waals surface area contributed by atoms with Gasteiger partial charge in [0.25, 0.3) is 0 Å². The van der Waals surface area contributed by atoms with Crippen molar-refractivity contribution in [2.24, 2.45) is 5.73 Å². The zero-order valence-electron chi connectivity index (χ0n) is 9.37. The Hall–Kier alpha value is -1.54. The summed E-state index contributed by atoms with van der Waals surface area (Å²) in [5, 5.41) is 12.1. The fourth-order valence-corrected chi connectivity index (χ4v) is 1.77. The number of amides is 1. The third-order valence-corrected chi connectivity index (χ3v) is 2.76. The molecule has 1 aromatic rings. The Bertz CT molecular complexity index is 440. The molecule has 1 rings (SSSR count). The molecule has 5 heteroatoms. The van der Waals surface area contributed by atoms with Crippen LogP contribution in [0.3, 0.4) is 0 Å². The summed E-state index contributed by atoms with van der Waals surface area (Å²) in [5.74, 6) is -0.272. The maximum absolute atomic E-state index is 10.5. The van der Waals surface area contributed by atoms with Crippen LogP contribution in [0.4, 0.5) is 5.69 Å². The molecule has 1 aromatic carbocycles. The van der Waals surface area contributed by atoms with Crippen LogP contribution in [0.1, 0.15) is 24.8 Å². The predicted molar refractivity (Wildman–Crippen MR) is 70.4 cm³/mol. The Morgan fingerprint density at radius 3 is 2.88 bits per heavy atom. The topological polar surface area (TPSA) is 78.9 Å². The van der Waals surface area contributed by atoms with Gasteiger partial charge in [0.2, 0.25) is 5.91 Å². The Balaban J connectivity index is 2.42. The van der Waals surface area contributed by atoms with Gasteiger partial charge in [-0.3, -0.25) is 4.79 Å². The molecule has 1 amide bonds. The van der Waals surface area contributed by atoms with E-state index in [1.807, 2.05) is 12.1 Å². The quantitative estimate of drug-likeness (QED) is 0.791. The second-order valence-corrected chi connectivity index (χ2v) is 4.57. The molecule has 0 bridgehead atoms. The summed E-state index contributed by atoms with van der Waals surface area (Å²) in [6.45, 7) is 0.726. The van der Waals surface area contributed by atoms with E-state index in [-0.39, 0.29) is 5.91 Å². The third-order valence-electron chi connectivity index (χ3n) is 2.27. The number of nitriles is 1. The highest BCUT2D eigenvalue weighted by atomic mass is 79.9. The molecule has 4 nitrogen and oxygen atoms in total. The number of halogens is 1. The van der Waals surface area contributed by atoms with Crippen molar-refractivity contribution in [1.29, 1.82) is 5.26 Å². The largest absolute Gasteiger partial charge is 0.384 e. The van der Waals surface area contributed by atoms with E-state index in [1.54, 1.807) is 6.07 Å². The Morgan fingerprint density at radius 2 is 2.24 bits per heavy atom. The summed E-state index contributed by atoms with van der Waals surface area (Å²) >= 11 is 3.32. The van der Waals surface area contributed by atoms with Gasteiger partial charge in [-0.25, -0.2) is 0 Å². The number of hydrogen-bond donors (Lipinski definition) is 2. The van der Waals surface area contributed by atoms with Gasteiger partial charge in [-0.15, -0.1) is 0 Å². The number of carbonyl (C=O) groups excluding carboxylic acids is 1. The molecule has 0 unspecified atom stereocenters. The third kappa shape index (κ3) is 4.87. The molecule has 3 N–H and O–H groups in total. The van der Waals surface area contributed by atoms with Gasteiger partial charge in [0.15, 0.2) is 0 Å². The first-order chi connectivity index (χ1) is 8.13. The minimum Gasteiger partial charge on any atom is -0.384 e. The van der Waals surface area contributed by atoms with Crippen molar-refractivity contribution in [2.45, 2.75) is 19.3 Å². The molecule has 0 atom stereocenters. The van der Waals surface area contributed by atoms with E-state index < -0.39 is 0 Å². The van der Waals surface area contributed by atoms with Crippen LogP contribution in [-0.2, 0) is 4.79 Å². The van der Waals surface area contributed by atoms with Gasteiger partial charge in [0, 0.05) is 17.4 Å². The Morgan fingerprint density at radius 1 is 1.47 bits per heavy atom. The van der Waals surface area contributed by atoms with Crippen LogP contribution in [0.2, 0.25) is 0 Å². The number of unbranched alkanes of at least 4 members (excludes halogenated alkanes) is 1. The first-order valence-electron chi connectivity index (χ1n) is 5.35. The molecule has 0 saturated heterocycles. The SMILES string of the molecule is N#Cc1cc(Br)ccc1NCCCCC(N)=O. The van der Waals surface area contributed by atoms with E-state index in [0.717, 1.165) is 29.5 Å². The first-order valence-corrected chi connectivity index (χ1v) is 6.14. The molecular formula is C12H14BrN3O. The molecule has 0 aliphatic carbocycles. The van der Waals surface area contributed by atoms with Crippen molar-refractivity contribution in [3.63, 3.8) is 0 Å². The predicted octanol–water partition coefficient (Wildman–Crippen LogP) is 2.39. The molecule has 0 aromatic heterocycles. The first kappa shape index (κ1) is 13.5. The summed E-state index contributed by atoms with van der Waals surface area (Å²) in [4.78, 5) is 10.5.